The molecule has 0 amide bonds. The Balaban J connectivity index is 2.04. The van der Waals surface area contributed by atoms with E-state index in [0.717, 1.165) is 11.3 Å². The Labute approximate surface area is 92.7 Å². The number of aromatic nitrogens is 1. The zero-order chi connectivity index (χ0) is 10.5. The highest BCUT2D eigenvalue weighted by Gasteiger charge is 2.00. The molecule has 1 heterocycles. The van der Waals surface area contributed by atoms with Gasteiger partial charge in [0.15, 0.2) is 0 Å². The Bertz CT molecular complexity index is 397. The van der Waals surface area contributed by atoms with Crippen LogP contribution in [-0.4, -0.2) is 11.5 Å². The molecule has 1 aromatic heterocycles. The predicted octanol–water partition coefficient (Wildman–Crippen LogP) is 2.33. The van der Waals surface area contributed by atoms with Crippen LogP contribution in [0.1, 0.15) is 5.56 Å². The third-order valence-corrected chi connectivity index (χ3v) is 2.86. The Morgan fingerprint density at radius 2 is 2.07 bits per heavy atom. The van der Waals surface area contributed by atoms with E-state index in [1.54, 1.807) is 12.5 Å². The second-order valence-electron chi connectivity index (χ2n) is 3.08. The standard InChI is InChI=1S/C11H12N2OS/c12-6-5-9-1-3-10(4-2-9)15-11-13-7-8-14-11/h1-4,7-8H,5-6,12H2. The molecule has 2 N–H and O–H groups in total. The second kappa shape index (κ2) is 5.00. The summed E-state index contributed by atoms with van der Waals surface area (Å²) in [6.07, 6.45) is 4.14. The summed E-state index contributed by atoms with van der Waals surface area (Å²) in [7, 11) is 0. The lowest BCUT2D eigenvalue weighted by atomic mass is 10.2. The summed E-state index contributed by atoms with van der Waals surface area (Å²) in [5, 5.41) is 0.668. The molecule has 0 unspecified atom stereocenters. The number of benzene rings is 1. The number of nitrogens with zero attached hydrogens (tertiary/aromatic N) is 1. The molecule has 0 saturated carbocycles. The van der Waals surface area contributed by atoms with E-state index in [2.05, 4.69) is 29.2 Å². The second-order valence-corrected chi connectivity index (χ2v) is 4.11. The fraction of sp³-hybridized carbons (Fsp3) is 0.182. The maximum absolute atomic E-state index is 5.48. The van der Waals surface area contributed by atoms with Crippen LogP contribution in [0.2, 0.25) is 0 Å². The molecule has 0 radical (unpaired) electrons. The van der Waals surface area contributed by atoms with Gasteiger partial charge in [-0.25, -0.2) is 4.98 Å². The molecule has 0 aliphatic carbocycles. The Morgan fingerprint density at radius 1 is 1.27 bits per heavy atom. The lowest BCUT2D eigenvalue weighted by molar-refractivity contribution is 0.454. The summed E-state index contributed by atoms with van der Waals surface area (Å²) < 4.78 is 5.15. The van der Waals surface area contributed by atoms with Gasteiger partial charge in [-0.2, -0.15) is 0 Å². The highest BCUT2D eigenvalue weighted by atomic mass is 32.2. The average molecular weight is 220 g/mol. The van der Waals surface area contributed by atoms with Crippen molar-refractivity contribution in [2.75, 3.05) is 6.54 Å². The third kappa shape index (κ3) is 2.84. The first-order chi connectivity index (χ1) is 7.38. The van der Waals surface area contributed by atoms with Crippen LogP contribution in [0.3, 0.4) is 0 Å². The molecule has 78 valence electrons. The lowest BCUT2D eigenvalue weighted by Gasteiger charge is -2.00. The van der Waals surface area contributed by atoms with Crippen molar-refractivity contribution in [1.82, 2.24) is 4.98 Å². The first-order valence-corrected chi connectivity index (χ1v) is 5.56. The van der Waals surface area contributed by atoms with Crippen molar-refractivity contribution in [3.05, 3.63) is 42.3 Å². The van der Waals surface area contributed by atoms with Gasteiger partial charge >= 0.3 is 0 Å². The van der Waals surface area contributed by atoms with Crippen molar-refractivity contribution in [3.63, 3.8) is 0 Å². The van der Waals surface area contributed by atoms with Crippen molar-refractivity contribution in [2.24, 2.45) is 5.73 Å². The van der Waals surface area contributed by atoms with Crippen molar-refractivity contribution in [3.8, 4) is 0 Å². The molecule has 0 atom stereocenters. The van der Waals surface area contributed by atoms with Gasteiger partial charge in [-0.05, 0) is 42.4 Å². The summed E-state index contributed by atoms with van der Waals surface area (Å²) in [5.74, 6) is 0. The molecule has 0 aliphatic rings. The molecule has 2 rings (SSSR count). The van der Waals surface area contributed by atoms with Crippen LogP contribution in [0.25, 0.3) is 0 Å². The normalized spacial score (nSPS) is 10.5. The topological polar surface area (TPSA) is 52.0 Å². The molecular weight excluding hydrogens is 208 g/mol. The molecule has 2 aromatic rings. The van der Waals surface area contributed by atoms with E-state index >= 15 is 0 Å². The molecule has 0 fully saturated rings. The van der Waals surface area contributed by atoms with Gasteiger partial charge in [0.25, 0.3) is 5.22 Å². The Morgan fingerprint density at radius 3 is 2.67 bits per heavy atom. The first-order valence-electron chi connectivity index (χ1n) is 4.75. The quantitative estimate of drug-likeness (QED) is 0.859. The smallest absolute Gasteiger partial charge is 0.260 e. The van der Waals surface area contributed by atoms with E-state index in [1.165, 1.54) is 17.3 Å². The van der Waals surface area contributed by atoms with Crippen LogP contribution in [-0.2, 0) is 6.42 Å². The molecule has 15 heavy (non-hydrogen) atoms. The van der Waals surface area contributed by atoms with E-state index in [4.69, 9.17) is 10.2 Å². The van der Waals surface area contributed by atoms with Gasteiger partial charge < -0.3 is 10.2 Å². The minimum Gasteiger partial charge on any atom is -0.440 e. The third-order valence-electron chi connectivity index (χ3n) is 1.97. The van der Waals surface area contributed by atoms with Gasteiger partial charge in [0.05, 0.1) is 6.20 Å². The van der Waals surface area contributed by atoms with Gasteiger partial charge in [-0.15, -0.1) is 0 Å². The van der Waals surface area contributed by atoms with Crippen molar-refractivity contribution < 1.29 is 4.42 Å². The lowest BCUT2D eigenvalue weighted by Crippen LogP contribution is -2.02. The Kier molecular flexibility index (Phi) is 3.42. The largest absolute Gasteiger partial charge is 0.440 e. The fourth-order valence-corrected chi connectivity index (χ4v) is 1.94. The summed E-state index contributed by atoms with van der Waals surface area (Å²) >= 11 is 1.51. The zero-order valence-corrected chi connectivity index (χ0v) is 9.04. The summed E-state index contributed by atoms with van der Waals surface area (Å²) in [6.45, 7) is 0.687. The average Bonchev–Trinajstić information content (AvgIpc) is 2.74. The minimum absolute atomic E-state index is 0.668. The number of oxazole rings is 1. The molecule has 4 heteroatoms. The van der Waals surface area contributed by atoms with E-state index in [9.17, 15) is 0 Å². The molecule has 3 nitrogen and oxygen atoms in total. The molecule has 1 aromatic carbocycles. The van der Waals surface area contributed by atoms with E-state index in [1.807, 2.05) is 0 Å². The maximum Gasteiger partial charge on any atom is 0.260 e. The van der Waals surface area contributed by atoms with Crippen LogP contribution >= 0.6 is 11.8 Å². The van der Waals surface area contributed by atoms with E-state index in [-0.39, 0.29) is 0 Å². The highest BCUT2D eigenvalue weighted by Crippen LogP contribution is 2.25. The van der Waals surface area contributed by atoms with Gasteiger partial charge in [-0.3, -0.25) is 0 Å². The van der Waals surface area contributed by atoms with Gasteiger partial charge in [-0.1, -0.05) is 12.1 Å². The summed E-state index contributed by atoms with van der Waals surface area (Å²) in [4.78, 5) is 5.17. The minimum atomic E-state index is 0.668. The van der Waals surface area contributed by atoms with Crippen molar-refractivity contribution in [2.45, 2.75) is 16.5 Å². The SMILES string of the molecule is NCCc1ccc(Sc2ncco2)cc1. The van der Waals surface area contributed by atoms with Crippen molar-refractivity contribution >= 4 is 11.8 Å². The predicted molar refractivity (Wildman–Crippen MR) is 59.8 cm³/mol. The molecule has 0 aliphatic heterocycles. The monoisotopic (exact) mass is 220 g/mol. The maximum atomic E-state index is 5.48. The first kappa shape index (κ1) is 10.3. The van der Waals surface area contributed by atoms with Crippen molar-refractivity contribution in [1.29, 1.82) is 0 Å². The van der Waals surface area contributed by atoms with Crippen LogP contribution in [0.5, 0.6) is 0 Å². The van der Waals surface area contributed by atoms with Gasteiger partial charge in [0, 0.05) is 4.90 Å². The number of hydrogen-bond acceptors (Lipinski definition) is 4. The van der Waals surface area contributed by atoms with Gasteiger partial charge in [0.1, 0.15) is 6.26 Å². The van der Waals surface area contributed by atoms with Crippen LogP contribution in [0.4, 0.5) is 0 Å². The van der Waals surface area contributed by atoms with Crippen LogP contribution in [0.15, 0.2) is 51.3 Å². The number of rotatable bonds is 4. The summed E-state index contributed by atoms with van der Waals surface area (Å²) in [6, 6.07) is 8.27. The Hall–Kier alpha value is -1.26. The molecular formula is C11H12N2OS. The molecule has 0 spiro atoms. The van der Waals surface area contributed by atoms with Crippen LogP contribution in [0, 0.1) is 0 Å². The van der Waals surface area contributed by atoms with Crippen LogP contribution < -0.4 is 5.73 Å². The fourth-order valence-electron chi connectivity index (χ4n) is 1.25. The van der Waals surface area contributed by atoms with E-state index in [0.29, 0.717) is 11.8 Å². The summed E-state index contributed by atoms with van der Waals surface area (Å²) in [5.41, 5.74) is 6.74. The molecule has 0 saturated heterocycles. The zero-order valence-electron chi connectivity index (χ0n) is 8.22. The number of nitrogens with two attached hydrogens (primary N) is 1. The van der Waals surface area contributed by atoms with Gasteiger partial charge in [0.2, 0.25) is 0 Å². The number of hydrogen-bond donors (Lipinski definition) is 1. The molecule has 0 bridgehead atoms. The van der Waals surface area contributed by atoms with E-state index < -0.39 is 0 Å². The highest BCUT2D eigenvalue weighted by molar-refractivity contribution is 7.99.